The monoisotopic (exact) mass is 606 g/mol. The predicted octanol–water partition coefficient (Wildman–Crippen LogP) is 7.26. The average Bonchev–Trinajstić information content (AvgIpc) is 3.36. The molecule has 1 aromatic heterocycles. The molecule has 1 aliphatic carbocycles. The summed E-state index contributed by atoms with van der Waals surface area (Å²) in [5, 5.41) is 8.32. The molecule has 12 heteroatoms. The molecular formula is C31H29F3N6O2S. The topological polar surface area (TPSA) is 84.6 Å². The maximum absolute atomic E-state index is 13.1. The van der Waals surface area contributed by atoms with Gasteiger partial charge in [0.05, 0.1) is 11.2 Å². The minimum atomic E-state index is -4.75. The SMILES string of the molecule is CC(C)c1ccccc1N1CCS/C1=N\C(=O)NC1(c2ccc(-c3ncn(-c4ccc(OC(F)(F)F)cc4)n3)cc2)CC1. The number of nitrogens with one attached hydrogen (secondary N) is 1. The number of hydrogen-bond acceptors (Lipinski definition) is 5. The highest BCUT2D eigenvalue weighted by Gasteiger charge is 2.46. The number of anilines is 1. The number of thioether (sulfide) groups is 1. The van der Waals surface area contributed by atoms with Crippen molar-refractivity contribution in [3.8, 4) is 22.8 Å². The van der Waals surface area contributed by atoms with Crippen LogP contribution < -0.4 is 15.0 Å². The van der Waals surface area contributed by atoms with Gasteiger partial charge in [-0.2, -0.15) is 4.99 Å². The predicted molar refractivity (Wildman–Crippen MR) is 161 cm³/mol. The Morgan fingerprint density at radius 2 is 1.77 bits per heavy atom. The first kappa shape index (κ1) is 28.8. The van der Waals surface area contributed by atoms with Crippen molar-refractivity contribution in [2.45, 2.75) is 44.5 Å². The molecule has 0 spiro atoms. The quantitative estimate of drug-likeness (QED) is 0.238. The molecule has 2 fully saturated rings. The number of hydrogen-bond donors (Lipinski definition) is 1. The number of rotatable bonds is 7. The summed E-state index contributed by atoms with van der Waals surface area (Å²) in [6, 6.07) is 21.0. The summed E-state index contributed by atoms with van der Waals surface area (Å²) in [6.07, 6.45) is -1.62. The second-order valence-electron chi connectivity index (χ2n) is 10.8. The van der Waals surface area contributed by atoms with Crippen LogP contribution in [0.5, 0.6) is 5.75 Å². The zero-order valence-corrected chi connectivity index (χ0v) is 24.3. The average molecular weight is 607 g/mol. The van der Waals surface area contributed by atoms with Crippen LogP contribution in [-0.2, 0) is 5.54 Å². The number of amides is 2. The highest BCUT2D eigenvalue weighted by molar-refractivity contribution is 8.14. The van der Waals surface area contributed by atoms with Gasteiger partial charge in [-0.1, -0.05) is 68.1 Å². The van der Waals surface area contributed by atoms with Gasteiger partial charge in [0.1, 0.15) is 12.1 Å². The van der Waals surface area contributed by atoms with E-state index in [9.17, 15) is 18.0 Å². The van der Waals surface area contributed by atoms with E-state index in [1.165, 1.54) is 40.8 Å². The van der Waals surface area contributed by atoms with Crippen LogP contribution in [0.2, 0.25) is 0 Å². The molecule has 0 bridgehead atoms. The number of carbonyl (C=O) groups excluding carboxylic acids is 1. The van der Waals surface area contributed by atoms with E-state index in [1.807, 2.05) is 36.4 Å². The van der Waals surface area contributed by atoms with E-state index in [4.69, 9.17) is 0 Å². The summed E-state index contributed by atoms with van der Waals surface area (Å²) in [5.41, 5.74) is 4.14. The Hall–Kier alpha value is -4.32. The Morgan fingerprint density at radius 1 is 1.05 bits per heavy atom. The van der Waals surface area contributed by atoms with Crippen molar-refractivity contribution in [3.05, 3.63) is 90.3 Å². The second-order valence-corrected chi connectivity index (χ2v) is 11.8. The van der Waals surface area contributed by atoms with Gasteiger partial charge in [-0.05, 0) is 60.2 Å². The maximum atomic E-state index is 13.1. The van der Waals surface area contributed by atoms with Crippen LogP contribution in [0.1, 0.15) is 43.7 Å². The van der Waals surface area contributed by atoms with Crippen LogP contribution in [0.3, 0.4) is 0 Å². The number of amidine groups is 1. The van der Waals surface area contributed by atoms with Crippen molar-refractivity contribution >= 4 is 28.6 Å². The fourth-order valence-electron chi connectivity index (χ4n) is 5.13. The van der Waals surface area contributed by atoms with Gasteiger partial charge in [-0.3, -0.25) is 0 Å². The molecule has 0 unspecified atom stereocenters. The summed E-state index contributed by atoms with van der Waals surface area (Å²) in [4.78, 5) is 24.1. The zero-order chi connectivity index (χ0) is 30.2. The lowest BCUT2D eigenvalue weighted by molar-refractivity contribution is -0.274. The molecule has 1 saturated heterocycles. The van der Waals surface area contributed by atoms with E-state index in [-0.39, 0.29) is 11.8 Å². The molecule has 0 atom stereocenters. The highest BCUT2D eigenvalue weighted by atomic mass is 32.2. The van der Waals surface area contributed by atoms with Gasteiger partial charge < -0.3 is 15.0 Å². The summed E-state index contributed by atoms with van der Waals surface area (Å²) in [5.74, 6) is 1.37. The Kier molecular flexibility index (Phi) is 7.63. The van der Waals surface area contributed by atoms with Gasteiger partial charge in [-0.25, -0.2) is 14.5 Å². The first-order valence-corrected chi connectivity index (χ1v) is 14.9. The summed E-state index contributed by atoms with van der Waals surface area (Å²) >= 11 is 1.59. The molecule has 0 radical (unpaired) electrons. The Balaban J connectivity index is 1.13. The molecule has 43 heavy (non-hydrogen) atoms. The van der Waals surface area contributed by atoms with Crippen LogP contribution in [0.15, 0.2) is 84.1 Å². The van der Waals surface area contributed by atoms with Gasteiger partial charge in [0.15, 0.2) is 11.0 Å². The first-order valence-electron chi connectivity index (χ1n) is 13.9. The lowest BCUT2D eigenvalue weighted by Crippen LogP contribution is -2.34. The van der Waals surface area contributed by atoms with Crippen molar-refractivity contribution in [3.63, 3.8) is 0 Å². The Morgan fingerprint density at radius 3 is 2.44 bits per heavy atom. The van der Waals surface area contributed by atoms with E-state index >= 15 is 0 Å². The number of benzene rings is 3. The standard InChI is InChI=1S/C31H29F3N6O2S/c1-20(2)25-5-3-4-6-26(25)39-17-18-43-29(39)36-28(41)37-30(15-16-30)22-9-7-21(8-10-22)27-35-19-40(38-27)23-11-13-24(14-12-23)42-31(32,33)34/h3-14,19-20H,15-18H2,1-2H3,(H,37,41)/b36-29-. The van der Waals surface area contributed by atoms with Crippen LogP contribution in [0, 0.1) is 0 Å². The molecule has 2 heterocycles. The lowest BCUT2D eigenvalue weighted by atomic mass is 10.0. The van der Waals surface area contributed by atoms with E-state index in [0.717, 1.165) is 42.0 Å². The van der Waals surface area contributed by atoms with Gasteiger partial charge >= 0.3 is 12.4 Å². The number of nitrogens with zero attached hydrogens (tertiary/aromatic N) is 5. The van der Waals surface area contributed by atoms with Crippen LogP contribution >= 0.6 is 11.8 Å². The molecule has 2 amide bonds. The van der Waals surface area contributed by atoms with Gasteiger partial charge in [0.2, 0.25) is 0 Å². The number of urea groups is 1. The zero-order valence-electron chi connectivity index (χ0n) is 23.5. The Labute approximate surface area is 251 Å². The smallest absolute Gasteiger partial charge is 0.406 e. The largest absolute Gasteiger partial charge is 0.573 e. The number of carbonyl (C=O) groups is 1. The van der Waals surface area contributed by atoms with E-state index < -0.39 is 11.9 Å². The maximum Gasteiger partial charge on any atom is 0.573 e. The molecule has 1 saturated carbocycles. The number of ether oxygens (including phenoxy) is 1. The second kappa shape index (κ2) is 11.4. The fourth-order valence-corrected chi connectivity index (χ4v) is 6.08. The number of alkyl halides is 3. The molecule has 8 nitrogen and oxygen atoms in total. The van der Waals surface area contributed by atoms with Gasteiger partial charge in [0, 0.05) is 23.5 Å². The van der Waals surface area contributed by atoms with Crippen molar-refractivity contribution in [1.29, 1.82) is 0 Å². The third-order valence-electron chi connectivity index (χ3n) is 7.44. The number of para-hydroxylation sites is 1. The lowest BCUT2D eigenvalue weighted by Gasteiger charge is -2.23. The fraction of sp³-hybridized carbons (Fsp3) is 0.290. The van der Waals surface area contributed by atoms with Crippen molar-refractivity contribution in [1.82, 2.24) is 20.1 Å². The van der Waals surface area contributed by atoms with E-state index in [1.54, 1.807) is 11.8 Å². The molecule has 1 aliphatic heterocycles. The third-order valence-corrected chi connectivity index (χ3v) is 8.40. The van der Waals surface area contributed by atoms with Crippen LogP contribution in [-0.4, -0.2) is 44.6 Å². The van der Waals surface area contributed by atoms with Crippen molar-refractivity contribution in [2.75, 3.05) is 17.2 Å². The molecule has 3 aromatic carbocycles. The number of halogens is 3. The summed E-state index contributed by atoms with van der Waals surface area (Å²) in [7, 11) is 0. The Bertz CT molecular complexity index is 1650. The molecular weight excluding hydrogens is 577 g/mol. The van der Waals surface area contributed by atoms with Crippen molar-refractivity contribution < 1.29 is 22.7 Å². The highest BCUT2D eigenvalue weighted by Crippen LogP contribution is 2.46. The van der Waals surface area contributed by atoms with Gasteiger partial charge in [-0.15, -0.1) is 18.3 Å². The van der Waals surface area contributed by atoms with E-state index in [2.05, 4.69) is 56.0 Å². The minimum Gasteiger partial charge on any atom is -0.406 e. The first-order chi connectivity index (χ1) is 20.6. The molecule has 1 N–H and O–H groups in total. The third kappa shape index (κ3) is 6.38. The number of aromatic nitrogens is 3. The molecule has 4 aromatic rings. The normalized spacial score (nSPS) is 17.0. The molecule has 222 valence electrons. The van der Waals surface area contributed by atoms with Crippen LogP contribution in [0.25, 0.3) is 17.1 Å². The summed E-state index contributed by atoms with van der Waals surface area (Å²) < 4.78 is 42.7. The van der Waals surface area contributed by atoms with E-state index in [0.29, 0.717) is 22.6 Å². The van der Waals surface area contributed by atoms with Gasteiger partial charge in [0.25, 0.3) is 0 Å². The summed E-state index contributed by atoms with van der Waals surface area (Å²) in [6.45, 7) is 5.12. The molecule has 6 rings (SSSR count). The number of aliphatic imine (C=N–C) groups is 1. The molecule has 2 aliphatic rings. The van der Waals surface area contributed by atoms with Crippen LogP contribution in [0.4, 0.5) is 23.7 Å². The van der Waals surface area contributed by atoms with Crippen molar-refractivity contribution in [2.24, 2.45) is 4.99 Å². The minimum absolute atomic E-state index is 0.310.